The van der Waals surface area contributed by atoms with Gasteiger partial charge in [0.25, 0.3) is 0 Å². The van der Waals surface area contributed by atoms with E-state index in [1.165, 1.54) is 0 Å². The van der Waals surface area contributed by atoms with Gasteiger partial charge >= 0.3 is 0 Å². The summed E-state index contributed by atoms with van der Waals surface area (Å²) in [6.45, 7) is 6.04. The maximum Gasteiger partial charge on any atom is 0.123 e. The van der Waals surface area contributed by atoms with Crippen molar-refractivity contribution in [2.24, 2.45) is 0 Å². The van der Waals surface area contributed by atoms with Gasteiger partial charge in [-0.05, 0) is 62.1 Å². The van der Waals surface area contributed by atoms with E-state index >= 15 is 0 Å². The van der Waals surface area contributed by atoms with Crippen LogP contribution in [-0.2, 0) is 6.54 Å². The van der Waals surface area contributed by atoms with Gasteiger partial charge in [-0.1, -0.05) is 6.92 Å². The van der Waals surface area contributed by atoms with Crippen molar-refractivity contribution in [2.45, 2.75) is 39.3 Å². The average Bonchev–Trinajstić information content (AvgIpc) is 2.44. The summed E-state index contributed by atoms with van der Waals surface area (Å²) in [6, 6.07) is 5.55. The van der Waals surface area contributed by atoms with Gasteiger partial charge in [-0.25, -0.2) is 4.39 Å². The minimum atomic E-state index is -0.160. The summed E-state index contributed by atoms with van der Waals surface area (Å²) in [7, 11) is 2.10. The van der Waals surface area contributed by atoms with E-state index in [1.807, 2.05) is 17.8 Å². The molecule has 0 saturated heterocycles. The van der Waals surface area contributed by atoms with Gasteiger partial charge in [0.05, 0.1) is 0 Å². The normalized spacial score (nSPS) is 12.4. The fourth-order valence-corrected chi connectivity index (χ4v) is 2.74. The Balaban J connectivity index is 2.80. The number of anilines is 1. The van der Waals surface area contributed by atoms with Gasteiger partial charge < -0.3 is 10.2 Å². The van der Waals surface area contributed by atoms with E-state index in [2.05, 4.69) is 37.4 Å². The lowest BCUT2D eigenvalue weighted by Gasteiger charge is -2.29. The monoisotopic (exact) mass is 298 g/mol. The highest BCUT2D eigenvalue weighted by molar-refractivity contribution is 7.98. The molecular weight excluding hydrogens is 271 g/mol. The van der Waals surface area contributed by atoms with Gasteiger partial charge in [-0.3, -0.25) is 0 Å². The van der Waals surface area contributed by atoms with E-state index in [9.17, 15) is 4.39 Å². The SMILES string of the molecule is CCCNCc1cc(F)ccc1N(C)C(C)CCSC. The van der Waals surface area contributed by atoms with Crippen LogP contribution >= 0.6 is 11.8 Å². The molecule has 20 heavy (non-hydrogen) atoms. The van der Waals surface area contributed by atoms with E-state index in [1.54, 1.807) is 12.1 Å². The average molecular weight is 298 g/mol. The molecule has 1 N–H and O–H groups in total. The summed E-state index contributed by atoms with van der Waals surface area (Å²) >= 11 is 1.87. The molecule has 1 rings (SSSR count). The standard InChI is InChI=1S/C16H27FN2S/c1-5-9-18-12-14-11-15(17)6-7-16(14)19(3)13(2)8-10-20-4/h6-7,11,13,18H,5,8-10,12H2,1-4H3. The molecule has 0 spiro atoms. The van der Waals surface area contributed by atoms with Crippen LogP contribution in [0, 0.1) is 5.82 Å². The molecule has 0 amide bonds. The minimum Gasteiger partial charge on any atom is -0.372 e. The van der Waals surface area contributed by atoms with Crippen molar-refractivity contribution in [3.05, 3.63) is 29.6 Å². The number of thioether (sulfide) groups is 1. The third kappa shape index (κ3) is 5.33. The number of hydrogen-bond acceptors (Lipinski definition) is 3. The van der Waals surface area contributed by atoms with Crippen LogP contribution in [0.3, 0.4) is 0 Å². The second kappa shape index (κ2) is 9.24. The zero-order valence-electron chi connectivity index (χ0n) is 13.1. The second-order valence-electron chi connectivity index (χ2n) is 5.19. The van der Waals surface area contributed by atoms with E-state index in [0.717, 1.165) is 42.9 Å². The summed E-state index contributed by atoms with van der Waals surface area (Å²) in [5.41, 5.74) is 2.17. The number of benzene rings is 1. The molecular formula is C16H27FN2S. The molecule has 0 saturated carbocycles. The van der Waals surface area contributed by atoms with Crippen molar-refractivity contribution < 1.29 is 4.39 Å². The smallest absolute Gasteiger partial charge is 0.123 e. The molecule has 0 aromatic heterocycles. The van der Waals surface area contributed by atoms with Crippen LogP contribution in [0.25, 0.3) is 0 Å². The lowest BCUT2D eigenvalue weighted by Crippen LogP contribution is -2.31. The molecule has 0 aliphatic rings. The highest BCUT2D eigenvalue weighted by atomic mass is 32.2. The summed E-state index contributed by atoms with van der Waals surface area (Å²) in [6.07, 6.45) is 4.35. The van der Waals surface area contributed by atoms with Crippen molar-refractivity contribution in [1.82, 2.24) is 5.32 Å². The van der Waals surface area contributed by atoms with Gasteiger partial charge in [-0.15, -0.1) is 0 Å². The third-order valence-corrected chi connectivity index (χ3v) is 4.21. The summed E-state index contributed by atoms with van der Waals surface area (Å²) in [4.78, 5) is 2.26. The van der Waals surface area contributed by atoms with E-state index < -0.39 is 0 Å². The Hall–Kier alpha value is -0.740. The molecule has 4 heteroatoms. The lowest BCUT2D eigenvalue weighted by molar-refractivity contribution is 0.614. The predicted molar refractivity (Wildman–Crippen MR) is 89.3 cm³/mol. The zero-order chi connectivity index (χ0) is 15.0. The molecule has 1 atom stereocenters. The minimum absolute atomic E-state index is 0.160. The van der Waals surface area contributed by atoms with Crippen LogP contribution in [0.4, 0.5) is 10.1 Å². The Bertz CT molecular complexity index is 398. The highest BCUT2D eigenvalue weighted by Crippen LogP contribution is 2.23. The van der Waals surface area contributed by atoms with Crippen LogP contribution in [-0.4, -0.2) is 31.6 Å². The molecule has 114 valence electrons. The van der Waals surface area contributed by atoms with E-state index in [4.69, 9.17) is 0 Å². The zero-order valence-corrected chi connectivity index (χ0v) is 13.9. The van der Waals surface area contributed by atoms with Crippen LogP contribution in [0.15, 0.2) is 18.2 Å². The number of hydrogen-bond donors (Lipinski definition) is 1. The number of halogens is 1. The van der Waals surface area contributed by atoms with Crippen molar-refractivity contribution in [3.63, 3.8) is 0 Å². The number of nitrogens with one attached hydrogen (secondary N) is 1. The molecule has 1 aromatic carbocycles. The Morgan fingerprint density at radius 3 is 2.80 bits per heavy atom. The first-order valence-electron chi connectivity index (χ1n) is 7.31. The molecule has 1 aromatic rings. The molecule has 0 aliphatic heterocycles. The van der Waals surface area contributed by atoms with Crippen molar-refractivity contribution in [1.29, 1.82) is 0 Å². The van der Waals surface area contributed by atoms with Crippen molar-refractivity contribution in [3.8, 4) is 0 Å². The Kier molecular flexibility index (Phi) is 8.00. The Morgan fingerprint density at radius 2 is 2.15 bits per heavy atom. The molecule has 1 unspecified atom stereocenters. The fourth-order valence-electron chi connectivity index (χ4n) is 2.16. The molecule has 0 bridgehead atoms. The summed E-state index contributed by atoms with van der Waals surface area (Å²) in [5.74, 6) is 0.989. The number of rotatable bonds is 9. The second-order valence-corrected chi connectivity index (χ2v) is 6.18. The van der Waals surface area contributed by atoms with Crippen LogP contribution in [0.2, 0.25) is 0 Å². The maximum absolute atomic E-state index is 13.5. The van der Waals surface area contributed by atoms with Crippen LogP contribution in [0.5, 0.6) is 0 Å². The van der Waals surface area contributed by atoms with Gasteiger partial charge in [0, 0.05) is 25.3 Å². The first kappa shape index (κ1) is 17.3. The van der Waals surface area contributed by atoms with Crippen molar-refractivity contribution >= 4 is 17.4 Å². The maximum atomic E-state index is 13.5. The highest BCUT2D eigenvalue weighted by Gasteiger charge is 2.14. The molecule has 0 fully saturated rings. The van der Waals surface area contributed by atoms with Gasteiger partial charge in [0.1, 0.15) is 5.82 Å². The Labute approximate surface area is 127 Å². The molecule has 0 heterocycles. The topological polar surface area (TPSA) is 15.3 Å². The molecule has 0 aliphatic carbocycles. The van der Waals surface area contributed by atoms with Gasteiger partial charge in [0.15, 0.2) is 0 Å². The van der Waals surface area contributed by atoms with Crippen LogP contribution in [0.1, 0.15) is 32.3 Å². The third-order valence-electron chi connectivity index (χ3n) is 3.56. The quantitative estimate of drug-likeness (QED) is 0.696. The molecule has 0 radical (unpaired) electrons. The fraction of sp³-hybridized carbons (Fsp3) is 0.625. The first-order chi connectivity index (χ1) is 9.60. The van der Waals surface area contributed by atoms with Crippen LogP contribution < -0.4 is 10.2 Å². The summed E-state index contributed by atoms with van der Waals surface area (Å²) in [5, 5.41) is 3.36. The van der Waals surface area contributed by atoms with Crippen molar-refractivity contribution in [2.75, 3.05) is 30.5 Å². The molecule has 2 nitrogen and oxygen atoms in total. The predicted octanol–water partition coefficient (Wildman–Crippen LogP) is 3.90. The van der Waals surface area contributed by atoms with Gasteiger partial charge in [0.2, 0.25) is 0 Å². The lowest BCUT2D eigenvalue weighted by atomic mass is 10.1. The van der Waals surface area contributed by atoms with E-state index in [-0.39, 0.29) is 5.82 Å². The largest absolute Gasteiger partial charge is 0.372 e. The first-order valence-corrected chi connectivity index (χ1v) is 8.70. The van der Waals surface area contributed by atoms with Gasteiger partial charge in [-0.2, -0.15) is 11.8 Å². The number of nitrogens with zero attached hydrogens (tertiary/aromatic N) is 1. The van der Waals surface area contributed by atoms with E-state index in [0.29, 0.717) is 6.04 Å². The Morgan fingerprint density at radius 1 is 1.40 bits per heavy atom. The summed E-state index contributed by atoms with van der Waals surface area (Å²) < 4.78 is 13.5.